The standard InChI is InChI=1S/C8H15FINO2/c1-8(2,3)11-7(12)13-5-6(9)4-10/h6H,4-5H2,1-3H3,(H,11,12)/t6-/m0/s1. The average molecular weight is 303 g/mol. The lowest BCUT2D eigenvalue weighted by molar-refractivity contribution is 0.112. The van der Waals surface area contributed by atoms with E-state index < -0.39 is 12.3 Å². The van der Waals surface area contributed by atoms with Crippen LogP contribution in [0.5, 0.6) is 0 Å². The van der Waals surface area contributed by atoms with E-state index in [-0.39, 0.29) is 12.1 Å². The molecule has 5 heteroatoms. The van der Waals surface area contributed by atoms with Gasteiger partial charge in [0.05, 0.1) is 0 Å². The predicted molar refractivity (Wildman–Crippen MR) is 58.0 cm³/mol. The molecule has 0 aliphatic heterocycles. The Morgan fingerprint density at radius 2 is 2.15 bits per heavy atom. The molecule has 0 radical (unpaired) electrons. The van der Waals surface area contributed by atoms with Crippen LogP contribution in [0.15, 0.2) is 0 Å². The molecule has 0 bridgehead atoms. The molecule has 0 aromatic heterocycles. The average Bonchev–Trinajstić information content (AvgIpc) is 1.97. The topological polar surface area (TPSA) is 38.3 Å². The third-order valence-corrected chi connectivity index (χ3v) is 2.00. The minimum atomic E-state index is -1.08. The van der Waals surface area contributed by atoms with Gasteiger partial charge in [0, 0.05) is 9.97 Å². The second-order valence-electron chi connectivity index (χ2n) is 3.73. The van der Waals surface area contributed by atoms with Crippen LogP contribution >= 0.6 is 22.6 Å². The lowest BCUT2D eigenvalue weighted by atomic mass is 10.1. The van der Waals surface area contributed by atoms with Crippen molar-refractivity contribution in [3.8, 4) is 0 Å². The molecule has 1 amide bonds. The van der Waals surface area contributed by atoms with E-state index in [9.17, 15) is 9.18 Å². The van der Waals surface area contributed by atoms with Gasteiger partial charge in [0.25, 0.3) is 0 Å². The van der Waals surface area contributed by atoms with E-state index in [1.165, 1.54) is 0 Å². The fourth-order valence-corrected chi connectivity index (χ4v) is 0.807. The van der Waals surface area contributed by atoms with Crippen molar-refractivity contribution < 1.29 is 13.9 Å². The van der Waals surface area contributed by atoms with E-state index in [2.05, 4.69) is 10.1 Å². The molecule has 13 heavy (non-hydrogen) atoms. The first kappa shape index (κ1) is 12.9. The number of amides is 1. The van der Waals surface area contributed by atoms with E-state index in [1.807, 2.05) is 43.4 Å². The Morgan fingerprint density at radius 1 is 1.62 bits per heavy atom. The van der Waals surface area contributed by atoms with Crippen LogP contribution in [0.2, 0.25) is 0 Å². The maximum Gasteiger partial charge on any atom is 0.407 e. The number of hydrogen-bond acceptors (Lipinski definition) is 2. The molecule has 0 rings (SSSR count). The summed E-state index contributed by atoms with van der Waals surface area (Å²) in [5, 5.41) is 2.57. The van der Waals surface area contributed by atoms with Gasteiger partial charge in [-0.3, -0.25) is 0 Å². The molecule has 78 valence electrons. The molecule has 0 spiro atoms. The van der Waals surface area contributed by atoms with Gasteiger partial charge in [-0.1, -0.05) is 22.6 Å². The zero-order valence-corrected chi connectivity index (χ0v) is 10.2. The highest BCUT2D eigenvalue weighted by atomic mass is 127. The van der Waals surface area contributed by atoms with Gasteiger partial charge in [0.1, 0.15) is 12.8 Å². The van der Waals surface area contributed by atoms with E-state index in [0.717, 1.165) is 0 Å². The molecular formula is C8H15FINO2. The van der Waals surface area contributed by atoms with Crippen molar-refractivity contribution in [1.29, 1.82) is 0 Å². The number of carbonyl (C=O) groups excluding carboxylic acids is 1. The van der Waals surface area contributed by atoms with Gasteiger partial charge in [-0.15, -0.1) is 0 Å². The summed E-state index contributed by atoms with van der Waals surface area (Å²) in [4.78, 5) is 11.0. The summed E-state index contributed by atoms with van der Waals surface area (Å²) in [5.74, 6) is 0. The molecule has 0 fully saturated rings. The molecule has 1 N–H and O–H groups in total. The van der Waals surface area contributed by atoms with Crippen molar-refractivity contribution in [3.05, 3.63) is 0 Å². The van der Waals surface area contributed by atoms with Gasteiger partial charge >= 0.3 is 6.09 Å². The molecule has 0 saturated heterocycles. The van der Waals surface area contributed by atoms with Crippen molar-refractivity contribution in [2.24, 2.45) is 0 Å². The maximum atomic E-state index is 12.6. The minimum absolute atomic E-state index is 0.176. The number of halogens is 2. The Balaban J connectivity index is 3.64. The van der Waals surface area contributed by atoms with E-state index in [1.54, 1.807) is 0 Å². The van der Waals surface area contributed by atoms with Crippen LogP contribution in [0.3, 0.4) is 0 Å². The Morgan fingerprint density at radius 3 is 2.54 bits per heavy atom. The smallest absolute Gasteiger partial charge is 0.407 e. The first-order valence-corrected chi connectivity index (χ1v) is 5.52. The van der Waals surface area contributed by atoms with Gasteiger partial charge in [-0.25, -0.2) is 9.18 Å². The van der Waals surface area contributed by atoms with Gasteiger partial charge in [0.2, 0.25) is 0 Å². The van der Waals surface area contributed by atoms with Gasteiger partial charge in [-0.05, 0) is 20.8 Å². The maximum absolute atomic E-state index is 12.6. The minimum Gasteiger partial charge on any atom is -0.446 e. The predicted octanol–water partition coefficient (Wildman–Crippen LogP) is 2.28. The van der Waals surface area contributed by atoms with Crippen LogP contribution in [-0.4, -0.2) is 28.8 Å². The Bertz CT molecular complexity index is 170. The second-order valence-corrected chi connectivity index (χ2v) is 4.61. The molecule has 0 heterocycles. The number of nitrogens with one attached hydrogen (secondary N) is 1. The number of alkyl halides is 2. The molecule has 0 aliphatic carbocycles. The Kier molecular flexibility index (Phi) is 5.59. The fraction of sp³-hybridized carbons (Fsp3) is 0.875. The highest BCUT2D eigenvalue weighted by Gasteiger charge is 2.15. The largest absolute Gasteiger partial charge is 0.446 e. The quantitative estimate of drug-likeness (QED) is 0.642. The lowest BCUT2D eigenvalue weighted by Crippen LogP contribution is -2.41. The van der Waals surface area contributed by atoms with Gasteiger partial charge in [-0.2, -0.15) is 0 Å². The Hall–Kier alpha value is -0.0700. The zero-order valence-electron chi connectivity index (χ0n) is 8.06. The molecule has 0 unspecified atom stereocenters. The first-order valence-electron chi connectivity index (χ1n) is 4.00. The van der Waals surface area contributed by atoms with Crippen LogP contribution in [0.4, 0.5) is 9.18 Å². The number of alkyl carbamates (subject to hydrolysis) is 1. The van der Waals surface area contributed by atoms with Crippen molar-refractivity contribution in [1.82, 2.24) is 5.32 Å². The first-order chi connectivity index (χ1) is 5.85. The summed E-state index contributed by atoms with van der Waals surface area (Å²) in [5.41, 5.74) is -0.340. The van der Waals surface area contributed by atoms with Crippen molar-refractivity contribution in [2.75, 3.05) is 11.0 Å². The highest BCUT2D eigenvalue weighted by Crippen LogP contribution is 2.01. The van der Waals surface area contributed by atoms with Crippen LogP contribution in [0.25, 0.3) is 0 Å². The molecule has 3 nitrogen and oxygen atoms in total. The second kappa shape index (κ2) is 5.62. The normalized spacial score (nSPS) is 13.6. The number of hydrogen-bond donors (Lipinski definition) is 1. The fourth-order valence-electron chi connectivity index (χ4n) is 0.553. The molecule has 0 aliphatic rings. The summed E-state index contributed by atoms with van der Waals surface area (Å²) in [6.45, 7) is 5.32. The van der Waals surface area contributed by atoms with Crippen molar-refractivity contribution >= 4 is 28.7 Å². The van der Waals surface area contributed by atoms with Crippen LogP contribution in [-0.2, 0) is 4.74 Å². The third kappa shape index (κ3) is 8.27. The third-order valence-electron chi connectivity index (χ3n) is 1.04. The van der Waals surface area contributed by atoms with E-state index >= 15 is 0 Å². The Labute approximate surface area is 91.5 Å². The summed E-state index contributed by atoms with van der Waals surface area (Å²) < 4.78 is 17.6. The van der Waals surface area contributed by atoms with Gasteiger partial charge < -0.3 is 10.1 Å². The molecule has 1 atom stereocenters. The number of ether oxygens (including phenoxy) is 1. The van der Waals surface area contributed by atoms with Crippen LogP contribution in [0, 0.1) is 0 Å². The lowest BCUT2D eigenvalue weighted by Gasteiger charge is -2.20. The van der Waals surface area contributed by atoms with Crippen molar-refractivity contribution in [3.63, 3.8) is 0 Å². The zero-order chi connectivity index (χ0) is 10.5. The molecule has 0 saturated carbocycles. The molecule has 0 aromatic rings. The number of carbonyl (C=O) groups is 1. The molecule has 0 aromatic carbocycles. The van der Waals surface area contributed by atoms with E-state index in [4.69, 9.17) is 0 Å². The van der Waals surface area contributed by atoms with Gasteiger partial charge in [0.15, 0.2) is 0 Å². The van der Waals surface area contributed by atoms with Crippen LogP contribution < -0.4 is 5.32 Å². The highest BCUT2D eigenvalue weighted by molar-refractivity contribution is 14.1. The van der Waals surface area contributed by atoms with E-state index in [0.29, 0.717) is 4.43 Å². The number of rotatable bonds is 3. The molecular weight excluding hydrogens is 288 g/mol. The summed E-state index contributed by atoms with van der Waals surface area (Å²) in [7, 11) is 0. The summed E-state index contributed by atoms with van der Waals surface area (Å²) in [6, 6.07) is 0. The SMILES string of the molecule is CC(C)(C)NC(=O)OC[C@@H](F)CI. The van der Waals surface area contributed by atoms with Crippen molar-refractivity contribution in [2.45, 2.75) is 32.5 Å². The summed E-state index contributed by atoms with van der Waals surface area (Å²) in [6.07, 6.45) is -1.65. The monoisotopic (exact) mass is 303 g/mol. The van der Waals surface area contributed by atoms with Crippen LogP contribution in [0.1, 0.15) is 20.8 Å². The summed E-state index contributed by atoms with van der Waals surface area (Å²) >= 11 is 1.90.